The smallest absolute Gasteiger partial charge is 0.103 e. The van der Waals surface area contributed by atoms with Crippen LogP contribution in [0.1, 0.15) is 16.8 Å². The molecular weight excluding hydrogens is 242 g/mol. The van der Waals surface area contributed by atoms with Crippen LogP contribution < -0.4 is 5.32 Å². The van der Waals surface area contributed by atoms with Crippen LogP contribution in [0.5, 0.6) is 0 Å². The molecule has 96 valence electrons. The van der Waals surface area contributed by atoms with Gasteiger partial charge in [-0.25, -0.2) is 0 Å². The first kappa shape index (κ1) is 13.2. The van der Waals surface area contributed by atoms with Crippen LogP contribution in [0.2, 0.25) is 0 Å². The Morgan fingerprint density at radius 1 is 1.28 bits per heavy atom. The Morgan fingerprint density at radius 3 is 2.67 bits per heavy atom. The zero-order chi connectivity index (χ0) is 13.1. The highest BCUT2D eigenvalue weighted by atomic mass is 32.2. The van der Waals surface area contributed by atoms with E-state index in [-0.39, 0.29) is 0 Å². The van der Waals surface area contributed by atoms with Crippen LogP contribution >= 0.6 is 11.8 Å². The lowest BCUT2D eigenvalue weighted by Gasteiger charge is -2.08. The summed E-state index contributed by atoms with van der Waals surface area (Å²) < 4.78 is 1.97. The maximum Gasteiger partial charge on any atom is 0.103 e. The molecule has 0 unspecified atom stereocenters. The van der Waals surface area contributed by atoms with Crippen molar-refractivity contribution in [3.05, 3.63) is 41.1 Å². The zero-order valence-corrected chi connectivity index (χ0v) is 12.1. The molecule has 0 saturated heterocycles. The molecule has 0 aliphatic heterocycles. The van der Waals surface area contributed by atoms with Crippen LogP contribution in [0.25, 0.3) is 0 Å². The molecule has 4 heteroatoms. The summed E-state index contributed by atoms with van der Waals surface area (Å²) in [7, 11) is 3.97. The highest BCUT2D eigenvalue weighted by Crippen LogP contribution is 2.33. The average Bonchev–Trinajstić information content (AvgIpc) is 2.59. The average molecular weight is 261 g/mol. The molecular formula is C14H19N3S. The van der Waals surface area contributed by atoms with E-state index in [9.17, 15) is 0 Å². The molecule has 0 radical (unpaired) electrons. The van der Waals surface area contributed by atoms with E-state index in [0.29, 0.717) is 0 Å². The molecule has 1 aromatic heterocycles. The molecule has 0 fully saturated rings. The van der Waals surface area contributed by atoms with Crippen molar-refractivity contribution in [1.29, 1.82) is 0 Å². The Bertz CT molecular complexity index is 546. The second-order valence-corrected chi connectivity index (χ2v) is 5.42. The van der Waals surface area contributed by atoms with Crippen LogP contribution in [0.3, 0.4) is 0 Å². The van der Waals surface area contributed by atoms with Crippen LogP contribution in [-0.4, -0.2) is 16.8 Å². The molecule has 1 heterocycles. The quantitative estimate of drug-likeness (QED) is 0.918. The molecule has 18 heavy (non-hydrogen) atoms. The third-order valence-corrected chi connectivity index (χ3v) is 4.32. The second kappa shape index (κ2) is 5.59. The summed E-state index contributed by atoms with van der Waals surface area (Å²) in [5.41, 5.74) is 3.69. The minimum absolute atomic E-state index is 0.855. The first-order chi connectivity index (χ1) is 8.63. The third kappa shape index (κ3) is 2.60. The fourth-order valence-corrected chi connectivity index (χ4v) is 3.06. The second-order valence-electron chi connectivity index (χ2n) is 4.39. The van der Waals surface area contributed by atoms with Gasteiger partial charge in [0.05, 0.1) is 5.69 Å². The van der Waals surface area contributed by atoms with Gasteiger partial charge in [-0.05, 0) is 32.5 Å². The van der Waals surface area contributed by atoms with Crippen molar-refractivity contribution in [2.75, 3.05) is 7.05 Å². The number of aryl methyl sites for hydroxylation is 3. The van der Waals surface area contributed by atoms with Gasteiger partial charge in [0.2, 0.25) is 0 Å². The molecule has 0 spiro atoms. The van der Waals surface area contributed by atoms with Crippen molar-refractivity contribution in [2.24, 2.45) is 7.05 Å². The van der Waals surface area contributed by atoms with Gasteiger partial charge < -0.3 is 5.32 Å². The number of rotatable bonds is 4. The summed E-state index contributed by atoms with van der Waals surface area (Å²) in [5, 5.41) is 8.94. The Hall–Kier alpha value is -1.26. The normalized spacial score (nSPS) is 10.9. The number of nitrogens with zero attached hydrogens (tertiary/aromatic N) is 2. The minimum Gasteiger partial charge on any atom is -0.316 e. The number of hydrogen-bond donors (Lipinski definition) is 1. The maximum absolute atomic E-state index is 4.51. The number of aromatic nitrogens is 2. The predicted molar refractivity (Wildman–Crippen MR) is 76.0 cm³/mol. The first-order valence-corrected chi connectivity index (χ1v) is 6.85. The standard InChI is InChI=1S/C14H19N3S/c1-10-7-5-6-8-13(10)18-14-12(9-15-3)11(2)16-17(14)4/h5-8,15H,9H2,1-4H3. The van der Waals surface area contributed by atoms with Gasteiger partial charge in [0.25, 0.3) is 0 Å². The Morgan fingerprint density at radius 2 is 2.00 bits per heavy atom. The lowest BCUT2D eigenvalue weighted by Crippen LogP contribution is -2.06. The highest BCUT2D eigenvalue weighted by molar-refractivity contribution is 7.99. The van der Waals surface area contributed by atoms with Crippen molar-refractivity contribution in [3.63, 3.8) is 0 Å². The van der Waals surface area contributed by atoms with Gasteiger partial charge in [-0.2, -0.15) is 5.10 Å². The van der Waals surface area contributed by atoms with Gasteiger partial charge in [0.15, 0.2) is 0 Å². The molecule has 0 aliphatic carbocycles. The monoisotopic (exact) mass is 261 g/mol. The van der Waals surface area contributed by atoms with E-state index in [4.69, 9.17) is 0 Å². The van der Waals surface area contributed by atoms with E-state index in [1.165, 1.54) is 21.0 Å². The topological polar surface area (TPSA) is 29.9 Å². The largest absolute Gasteiger partial charge is 0.316 e. The van der Waals surface area contributed by atoms with E-state index in [1.54, 1.807) is 11.8 Å². The van der Waals surface area contributed by atoms with Crippen molar-refractivity contribution in [3.8, 4) is 0 Å². The van der Waals surface area contributed by atoms with Crippen molar-refractivity contribution >= 4 is 11.8 Å². The summed E-state index contributed by atoms with van der Waals surface area (Å²) in [6.45, 7) is 5.06. The fraction of sp³-hybridized carbons (Fsp3) is 0.357. The van der Waals surface area contributed by atoms with Crippen LogP contribution in [0.15, 0.2) is 34.2 Å². The Kier molecular flexibility index (Phi) is 4.09. The van der Waals surface area contributed by atoms with Crippen LogP contribution in [0.4, 0.5) is 0 Å². The van der Waals surface area contributed by atoms with Gasteiger partial charge in [-0.3, -0.25) is 4.68 Å². The number of hydrogen-bond acceptors (Lipinski definition) is 3. The molecule has 0 saturated carbocycles. The molecule has 0 aliphatic rings. The summed E-state index contributed by atoms with van der Waals surface area (Å²) >= 11 is 1.79. The minimum atomic E-state index is 0.855. The molecule has 2 aromatic rings. The van der Waals surface area contributed by atoms with E-state index in [0.717, 1.165) is 12.2 Å². The predicted octanol–water partition coefficient (Wildman–Crippen LogP) is 2.91. The molecule has 3 nitrogen and oxygen atoms in total. The van der Waals surface area contributed by atoms with Gasteiger partial charge in [-0.1, -0.05) is 30.0 Å². The molecule has 1 aromatic carbocycles. The van der Waals surface area contributed by atoms with E-state index >= 15 is 0 Å². The molecule has 0 amide bonds. The van der Waals surface area contributed by atoms with Crippen molar-refractivity contribution in [1.82, 2.24) is 15.1 Å². The summed E-state index contributed by atoms with van der Waals surface area (Å²) in [4.78, 5) is 1.29. The third-order valence-electron chi connectivity index (χ3n) is 2.94. The van der Waals surface area contributed by atoms with Crippen LogP contribution in [-0.2, 0) is 13.6 Å². The number of nitrogens with one attached hydrogen (secondary N) is 1. The molecule has 2 rings (SSSR count). The maximum atomic E-state index is 4.51. The fourth-order valence-electron chi connectivity index (χ4n) is 1.96. The number of benzene rings is 1. The summed E-state index contributed by atoms with van der Waals surface area (Å²) in [5.74, 6) is 0. The lowest BCUT2D eigenvalue weighted by atomic mass is 10.2. The SMILES string of the molecule is CNCc1c(C)nn(C)c1Sc1ccccc1C. The van der Waals surface area contributed by atoms with Gasteiger partial charge >= 0.3 is 0 Å². The van der Waals surface area contributed by atoms with Gasteiger partial charge in [0, 0.05) is 24.1 Å². The summed E-state index contributed by atoms with van der Waals surface area (Å²) in [6.07, 6.45) is 0. The van der Waals surface area contributed by atoms with Gasteiger partial charge in [0.1, 0.15) is 5.03 Å². The van der Waals surface area contributed by atoms with Crippen LogP contribution in [0, 0.1) is 13.8 Å². The molecule has 0 atom stereocenters. The Balaban J connectivity index is 2.37. The van der Waals surface area contributed by atoms with E-state index in [2.05, 4.69) is 48.5 Å². The van der Waals surface area contributed by atoms with Crippen molar-refractivity contribution < 1.29 is 0 Å². The zero-order valence-electron chi connectivity index (χ0n) is 11.3. The van der Waals surface area contributed by atoms with Crippen molar-refractivity contribution in [2.45, 2.75) is 30.3 Å². The van der Waals surface area contributed by atoms with E-state index in [1.807, 2.05) is 18.8 Å². The molecule has 0 bridgehead atoms. The van der Waals surface area contributed by atoms with E-state index < -0.39 is 0 Å². The summed E-state index contributed by atoms with van der Waals surface area (Å²) in [6, 6.07) is 8.45. The van der Waals surface area contributed by atoms with Gasteiger partial charge in [-0.15, -0.1) is 0 Å². The Labute approximate surface area is 113 Å². The lowest BCUT2D eigenvalue weighted by molar-refractivity contribution is 0.683. The highest BCUT2D eigenvalue weighted by Gasteiger charge is 2.14. The first-order valence-electron chi connectivity index (χ1n) is 6.04. The molecule has 1 N–H and O–H groups in total.